The van der Waals surface area contributed by atoms with Gasteiger partial charge in [0.15, 0.2) is 0 Å². The summed E-state index contributed by atoms with van der Waals surface area (Å²) in [5.74, 6) is 0.478. The highest BCUT2D eigenvalue weighted by atomic mass is 16.5. The zero-order valence-electron chi connectivity index (χ0n) is 15.9. The van der Waals surface area contributed by atoms with Crippen LogP contribution in [-0.4, -0.2) is 31.4 Å². The quantitative estimate of drug-likeness (QED) is 0.445. The third kappa shape index (κ3) is 21.1. The Morgan fingerprint density at radius 3 is 2.04 bits per heavy atom. The van der Waals surface area contributed by atoms with E-state index in [4.69, 9.17) is 4.74 Å². The van der Waals surface area contributed by atoms with Crippen molar-refractivity contribution >= 4 is 11.7 Å². The summed E-state index contributed by atoms with van der Waals surface area (Å²) in [5, 5.41) is 2.88. The Kier molecular flexibility index (Phi) is 22.3. The molecule has 1 amide bonds. The number of ether oxygens (including phenoxy) is 1. The summed E-state index contributed by atoms with van der Waals surface area (Å²) in [4.78, 5) is 22.6. The summed E-state index contributed by atoms with van der Waals surface area (Å²) in [6, 6.07) is 0. The summed E-state index contributed by atoms with van der Waals surface area (Å²) in [6.45, 7) is 10.0. The van der Waals surface area contributed by atoms with Crippen molar-refractivity contribution in [2.45, 2.75) is 91.9 Å². The summed E-state index contributed by atoms with van der Waals surface area (Å²) in [7, 11) is 0. The van der Waals surface area contributed by atoms with Gasteiger partial charge in [-0.1, -0.05) is 53.4 Å². The van der Waals surface area contributed by atoms with Gasteiger partial charge in [-0.2, -0.15) is 0 Å². The van der Waals surface area contributed by atoms with Crippen LogP contribution >= 0.6 is 0 Å². The van der Waals surface area contributed by atoms with Crippen LogP contribution in [0.15, 0.2) is 0 Å². The van der Waals surface area contributed by atoms with E-state index in [1.807, 2.05) is 20.8 Å². The highest BCUT2D eigenvalue weighted by molar-refractivity contribution is 5.77. The van der Waals surface area contributed by atoms with Gasteiger partial charge in [-0.25, -0.2) is 0 Å². The predicted octanol–water partition coefficient (Wildman–Crippen LogP) is 4.66. The first-order chi connectivity index (χ1) is 11.2. The molecule has 1 N–H and O–H groups in total. The Hall–Kier alpha value is -0.900. The van der Waals surface area contributed by atoms with Gasteiger partial charge in [-0.15, -0.1) is 0 Å². The SMILES string of the molecule is CC.CCCCOCCNC(=O)CCCCCCCC(=O)CC. The Labute approximate surface area is 143 Å². The van der Waals surface area contributed by atoms with Gasteiger partial charge in [-0.3, -0.25) is 9.59 Å². The third-order valence-electron chi connectivity index (χ3n) is 3.46. The lowest BCUT2D eigenvalue weighted by Gasteiger charge is -2.06. The molecule has 0 aliphatic rings. The lowest BCUT2D eigenvalue weighted by molar-refractivity contribution is -0.121. The first-order valence-electron chi connectivity index (χ1n) is 9.56. The van der Waals surface area contributed by atoms with Crippen molar-refractivity contribution in [2.24, 2.45) is 0 Å². The third-order valence-corrected chi connectivity index (χ3v) is 3.46. The lowest BCUT2D eigenvalue weighted by Crippen LogP contribution is -2.27. The highest BCUT2D eigenvalue weighted by Gasteiger charge is 2.01. The second-order valence-corrected chi connectivity index (χ2v) is 5.48. The number of hydrogen-bond acceptors (Lipinski definition) is 3. The van der Waals surface area contributed by atoms with Crippen molar-refractivity contribution in [3.05, 3.63) is 0 Å². The van der Waals surface area contributed by atoms with E-state index in [1.165, 1.54) is 0 Å². The van der Waals surface area contributed by atoms with Gasteiger partial charge in [0.1, 0.15) is 5.78 Å². The maximum absolute atomic E-state index is 11.5. The number of Topliss-reactive ketones (excluding diaryl/α,β-unsaturated/α-hetero) is 1. The van der Waals surface area contributed by atoms with Crippen LogP contribution in [0, 0.1) is 0 Å². The maximum atomic E-state index is 11.5. The topological polar surface area (TPSA) is 55.4 Å². The Balaban J connectivity index is 0. The molecule has 0 radical (unpaired) electrons. The van der Waals surface area contributed by atoms with Gasteiger partial charge in [0, 0.05) is 32.4 Å². The molecule has 0 aromatic rings. The molecule has 0 unspecified atom stereocenters. The largest absolute Gasteiger partial charge is 0.380 e. The molecular formula is C19H39NO3. The van der Waals surface area contributed by atoms with Gasteiger partial charge in [0.05, 0.1) is 6.61 Å². The van der Waals surface area contributed by atoms with Crippen LogP contribution < -0.4 is 5.32 Å². The second kappa shape index (κ2) is 21.1. The van der Waals surface area contributed by atoms with Crippen LogP contribution in [-0.2, 0) is 14.3 Å². The Morgan fingerprint density at radius 1 is 0.826 bits per heavy atom. The van der Waals surface area contributed by atoms with Crippen molar-refractivity contribution in [1.29, 1.82) is 0 Å². The zero-order chi connectivity index (χ0) is 17.8. The molecule has 4 nitrogen and oxygen atoms in total. The number of unbranched alkanes of at least 4 members (excludes halogenated alkanes) is 5. The minimum atomic E-state index is 0.121. The number of amides is 1. The van der Waals surface area contributed by atoms with Gasteiger partial charge in [0.25, 0.3) is 0 Å². The fourth-order valence-electron chi connectivity index (χ4n) is 2.01. The number of carbonyl (C=O) groups excluding carboxylic acids is 2. The van der Waals surface area contributed by atoms with Crippen molar-refractivity contribution in [3.8, 4) is 0 Å². The lowest BCUT2D eigenvalue weighted by atomic mass is 10.1. The molecule has 0 aromatic heterocycles. The number of ketones is 1. The van der Waals surface area contributed by atoms with Crippen LogP contribution in [0.1, 0.15) is 91.9 Å². The molecule has 0 heterocycles. The van der Waals surface area contributed by atoms with E-state index in [1.54, 1.807) is 0 Å². The van der Waals surface area contributed by atoms with Gasteiger partial charge in [0.2, 0.25) is 5.91 Å². The molecular weight excluding hydrogens is 290 g/mol. The minimum absolute atomic E-state index is 0.121. The van der Waals surface area contributed by atoms with Crippen molar-refractivity contribution < 1.29 is 14.3 Å². The van der Waals surface area contributed by atoms with Crippen molar-refractivity contribution in [1.82, 2.24) is 5.32 Å². The summed E-state index contributed by atoms with van der Waals surface area (Å²) < 4.78 is 5.38. The molecule has 138 valence electrons. The average Bonchev–Trinajstić information content (AvgIpc) is 2.58. The molecule has 0 aromatic carbocycles. The van der Waals surface area contributed by atoms with Gasteiger partial charge < -0.3 is 10.1 Å². The fourth-order valence-corrected chi connectivity index (χ4v) is 2.01. The molecule has 0 saturated carbocycles. The van der Waals surface area contributed by atoms with Gasteiger partial charge >= 0.3 is 0 Å². The first-order valence-corrected chi connectivity index (χ1v) is 9.56. The average molecular weight is 330 g/mol. The number of carbonyl (C=O) groups is 2. The summed E-state index contributed by atoms with van der Waals surface area (Å²) >= 11 is 0. The maximum Gasteiger partial charge on any atom is 0.220 e. The van der Waals surface area contributed by atoms with Crippen molar-refractivity contribution in [2.75, 3.05) is 19.8 Å². The van der Waals surface area contributed by atoms with Crippen LogP contribution in [0.2, 0.25) is 0 Å². The van der Waals surface area contributed by atoms with Crippen LogP contribution in [0.4, 0.5) is 0 Å². The van der Waals surface area contributed by atoms with E-state index in [9.17, 15) is 9.59 Å². The van der Waals surface area contributed by atoms with E-state index < -0.39 is 0 Å². The second-order valence-electron chi connectivity index (χ2n) is 5.48. The molecule has 0 rings (SSSR count). The predicted molar refractivity (Wildman–Crippen MR) is 97.7 cm³/mol. The van der Waals surface area contributed by atoms with E-state index in [-0.39, 0.29) is 5.91 Å². The molecule has 0 spiro atoms. The fraction of sp³-hybridized carbons (Fsp3) is 0.895. The number of nitrogens with one attached hydrogen (secondary N) is 1. The minimum Gasteiger partial charge on any atom is -0.380 e. The molecule has 0 bridgehead atoms. The van der Waals surface area contributed by atoms with Crippen LogP contribution in [0.5, 0.6) is 0 Å². The standard InChI is InChI=1S/C17H33NO3.C2H6/c1-3-5-14-21-15-13-18-17(20)12-10-8-6-7-9-11-16(19)4-2;1-2/h3-15H2,1-2H3,(H,18,20);1-2H3. The molecule has 0 saturated heterocycles. The molecule has 4 heteroatoms. The smallest absolute Gasteiger partial charge is 0.220 e. The van der Waals surface area contributed by atoms with E-state index in [2.05, 4.69) is 12.2 Å². The normalized spacial score (nSPS) is 9.91. The molecule has 23 heavy (non-hydrogen) atoms. The summed E-state index contributed by atoms with van der Waals surface area (Å²) in [6.07, 6.45) is 9.40. The molecule has 0 aliphatic carbocycles. The van der Waals surface area contributed by atoms with Crippen LogP contribution in [0.25, 0.3) is 0 Å². The first kappa shape index (κ1) is 24.4. The monoisotopic (exact) mass is 329 g/mol. The molecule has 0 fully saturated rings. The number of hydrogen-bond donors (Lipinski definition) is 1. The molecule has 0 atom stereocenters. The van der Waals surface area contributed by atoms with E-state index in [0.717, 1.165) is 58.0 Å². The Morgan fingerprint density at radius 2 is 1.43 bits per heavy atom. The van der Waals surface area contributed by atoms with E-state index >= 15 is 0 Å². The summed E-state index contributed by atoms with van der Waals surface area (Å²) in [5.41, 5.74) is 0. The number of rotatable bonds is 15. The van der Waals surface area contributed by atoms with Gasteiger partial charge in [-0.05, 0) is 19.3 Å². The molecule has 0 aliphatic heterocycles. The van der Waals surface area contributed by atoms with E-state index in [0.29, 0.717) is 31.8 Å². The van der Waals surface area contributed by atoms with Crippen LogP contribution in [0.3, 0.4) is 0 Å². The zero-order valence-corrected chi connectivity index (χ0v) is 15.9. The highest BCUT2D eigenvalue weighted by Crippen LogP contribution is 2.08. The Bertz CT molecular complexity index is 267. The van der Waals surface area contributed by atoms with Crippen molar-refractivity contribution in [3.63, 3.8) is 0 Å².